The van der Waals surface area contributed by atoms with Gasteiger partial charge in [0.1, 0.15) is 0 Å². The summed E-state index contributed by atoms with van der Waals surface area (Å²) in [5, 5.41) is 5.05. The molecule has 22 heavy (non-hydrogen) atoms. The van der Waals surface area contributed by atoms with Gasteiger partial charge in [0, 0.05) is 4.88 Å². The number of carbonyl (C=O) groups excluding carboxylic acids is 2. The molecular weight excluding hydrogens is 324 g/mol. The van der Waals surface area contributed by atoms with Crippen LogP contribution < -0.4 is 11.1 Å². The molecule has 1 atom stereocenters. The highest BCUT2D eigenvalue weighted by molar-refractivity contribution is 7.10. The van der Waals surface area contributed by atoms with E-state index in [1.54, 1.807) is 11.3 Å². The minimum atomic E-state index is -0.623. The summed E-state index contributed by atoms with van der Waals surface area (Å²) in [5.41, 5.74) is 6.15. The largest absolute Gasteiger partial charge is 0.452 e. The zero-order valence-electron chi connectivity index (χ0n) is 11.8. The van der Waals surface area contributed by atoms with Gasteiger partial charge in [-0.15, -0.1) is 11.3 Å². The van der Waals surface area contributed by atoms with E-state index >= 15 is 0 Å². The number of nitrogens with one attached hydrogen (secondary N) is 1. The number of amides is 1. The van der Waals surface area contributed by atoms with E-state index in [4.69, 9.17) is 22.1 Å². The standard InChI is InChI=1S/C15H15ClN2O3S/c1-9(13-3-2-6-22-13)18-14(19)8-21-15(20)10-4-5-11(16)12(17)7-10/h2-7,9H,8,17H2,1H3,(H,18,19)/t9-/m0/s1. The van der Waals surface area contributed by atoms with Crippen molar-refractivity contribution < 1.29 is 14.3 Å². The van der Waals surface area contributed by atoms with Gasteiger partial charge >= 0.3 is 5.97 Å². The van der Waals surface area contributed by atoms with Gasteiger partial charge < -0.3 is 15.8 Å². The first-order valence-corrected chi connectivity index (χ1v) is 7.78. The second-order valence-electron chi connectivity index (χ2n) is 4.62. The van der Waals surface area contributed by atoms with Gasteiger partial charge in [-0.05, 0) is 36.6 Å². The first-order valence-electron chi connectivity index (χ1n) is 6.52. The van der Waals surface area contributed by atoms with Crippen LogP contribution >= 0.6 is 22.9 Å². The molecule has 0 spiro atoms. The number of carbonyl (C=O) groups is 2. The Morgan fingerprint density at radius 1 is 1.41 bits per heavy atom. The second kappa shape index (κ2) is 7.29. The number of ether oxygens (including phenoxy) is 1. The van der Waals surface area contributed by atoms with Crippen LogP contribution in [0.15, 0.2) is 35.7 Å². The maximum absolute atomic E-state index is 11.8. The molecule has 2 rings (SSSR count). The van der Waals surface area contributed by atoms with Crippen molar-refractivity contribution >= 4 is 40.5 Å². The zero-order valence-corrected chi connectivity index (χ0v) is 13.4. The summed E-state index contributed by atoms with van der Waals surface area (Å²) in [7, 11) is 0. The Kier molecular flexibility index (Phi) is 5.41. The third-order valence-corrected chi connectivity index (χ3v) is 4.31. The Bertz CT molecular complexity index is 673. The van der Waals surface area contributed by atoms with Crippen molar-refractivity contribution in [1.82, 2.24) is 5.32 Å². The van der Waals surface area contributed by atoms with Gasteiger partial charge in [0.15, 0.2) is 6.61 Å². The van der Waals surface area contributed by atoms with Gasteiger partial charge in [0.05, 0.1) is 22.3 Å². The van der Waals surface area contributed by atoms with E-state index in [2.05, 4.69) is 5.32 Å². The molecule has 0 aliphatic carbocycles. The molecule has 0 aliphatic rings. The molecule has 0 saturated heterocycles. The third-order valence-electron chi connectivity index (χ3n) is 2.91. The van der Waals surface area contributed by atoms with Crippen LogP contribution in [0, 0.1) is 0 Å². The molecule has 0 aliphatic heterocycles. The highest BCUT2D eigenvalue weighted by Gasteiger charge is 2.14. The molecule has 116 valence electrons. The number of nitrogens with two attached hydrogens (primary N) is 1. The second-order valence-corrected chi connectivity index (χ2v) is 6.00. The van der Waals surface area contributed by atoms with E-state index in [1.165, 1.54) is 18.2 Å². The highest BCUT2D eigenvalue weighted by Crippen LogP contribution is 2.20. The fourth-order valence-corrected chi connectivity index (χ4v) is 2.63. The number of hydrogen-bond donors (Lipinski definition) is 2. The molecule has 1 aromatic carbocycles. The van der Waals surface area contributed by atoms with E-state index in [0.717, 1.165) is 4.88 Å². The number of halogens is 1. The Balaban J connectivity index is 1.85. The van der Waals surface area contributed by atoms with Gasteiger partial charge in [-0.1, -0.05) is 17.7 Å². The van der Waals surface area contributed by atoms with E-state index in [-0.39, 0.29) is 29.8 Å². The summed E-state index contributed by atoms with van der Waals surface area (Å²) in [4.78, 5) is 24.6. The van der Waals surface area contributed by atoms with Crippen LogP contribution in [-0.2, 0) is 9.53 Å². The van der Waals surface area contributed by atoms with Crippen LogP contribution in [0.25, 0.3) is 0 Å². The van der Waals surface area contributed by atoms with E-state index < -0.39 is 5.97 Å². The quantitative estimate of drug-likeness (QED) is 0.648. The molecular formula is C15H15ClN2O3S. The minimum absolute atomic E-state index is 0.127. The molecule has 0 radical (unpaired) electrons. The van der Waals surface area contributed by atoms with Gasteiger partial charge in [-0.3, -0.25) is 4.79 Å². The molecule has 1 amide bonds. The molecule has 5 nitrogen and oxygen atoms in total. The number of thiophene rings is 1. The number of esters is 1. The van der Waals surface area contributed by atoms with Crippen LogP contribution in [0.1, 0.15) is 28.2 Å². The lowest BCUT2D eigenvalue weighted by molar-refractivity contribution is -0.124. The first kappa shape index (κ1) is 16.3. The maximum Gasteiger partial charge on any atom is 0.338 e. The van der Waals surface area contributed by atoms with Gasteiger partial charge in [0.25, 0.3) is 5.91 Å². The number of anilines is 1. The number of hydrogen-bond acceptors (Lipinski definition) is 5. The fraction of sp³-hybridized carbons (Fsp3) is 0.200. The molecule has 2 aromatic rings. The summed E-state index contributed by atoms with van der Waals surface area (Å²) in [6.45, 7) is 1.52. The van der Waals surface area contributed by atoms with Crippen molar-refractivity contribution in [3.63, 3.8) is 0 Å². The zero-order chi connectivity index (χ0) is 16.1. The Morgan fingerprint density at radius 2 is 2.18 bits per heavy atom. The monoisotopic (exact) mass is 338 g/mol. The predicted molar refractivity (Wildman–Crippen MR) is 87.0 cm³/mol. The van der Waals surface area contributed by atoms with Crippen molar-refractivity contribution in [2.24, 2.45) is 0 Å². The molecule has 3 N–H and O–H groups in total. The minimum Gasteiger partial charge on any atom is -0.452 e. The summed E-state index contributed by atoms with van der Waals surface area (Å²) >= 11 is 7.33. The summed E-state index contributed by atoms with van der Waals surface area (Å²) in [6, 6.07) is 8.12. The summed E-state index contributed by atoms with van der Waals surface area (Å²) in [5.74, 6) is -0.988. The van der Waals surface area contributed by atoms with Gasteiger partial charge in [-0.25, -0.2) is 4.79 Å². The fourth-order valence-electron chi connectivity index (χ4n) is 1.78. The molecule has 1 aromatic heterocycles. The average Bonchev–Trinajstić information content (AvgIpc) is 3.02. The van der Waals surface area contributed by atoms with Gasteiger partial charge in [0.2, 0.25) is 0 Å². The van der Waals surface area contributed by atoms with Crippen LogP contribution in [0.2, 0.25) is 5.02 Å². The Morgan fingerprint density at radius 3 is 2.82 bits per heavy atom. The van der Waals surface area contributed by atoms with Crippen LogP contribution in [0.5, 0.6) is 0 Å². The van der Waals surface area contributed by atoms with Crippen molar-refractivity contribution in [3.8, 4) is 0 Å². The topological polar surface area (TPSA) is 81.4 Å². The van der Waals surface area contributed by atoms with Gasteiger partial charge in [-0.2, -0.15) is 0 Å². The summed E-state index contributed by atoms with van der Waals surface area (Å²) in [6.07, 6.45) is 0. The lowest BCUT2D eigenvalue weighted by Crippen LogP contribution is -2.30. The van der Waals surface area contributed by atoms with Crippen molar-refractivity contribution in [3.05, 3.63) is 51.2 Å². The van der Waals surface area contributed by atoms with Crippen molar-refractivity contribution in [1.29, 1.82) is 0 Å². The molecule has 7 heteroatoms. The normalized spacial score (nSPS) is 11.7. The molecule has 0 fully saturated rings. The van der Waals surface area contributed by atoms with Crippen LogP contribution in [-0.4, -0.2) is 18.5 Å². The number of nitrogen functional groups attached to an aromatic ring is 1. The van der Waals surface area contributed by atoms with Crippen molar-refractivity contribution in [2.75, 3.05) is 12.3 Å². The molecule has 0 unspecified atom stereocenters. The predicted octanol–water partition coefficient (Wildman–Crippen LogP) is 3.02. The third kappa shape index (κ3) is 4.22. The lowest BCUT2D eigenvalue weighted by Gasteiger charge is -2.12. The average molecular weight is 339 g/mol. The number of benzene rings is 1. The lowest BCUT2D eigenvalue weighted by atomic mass is 10.2. The summed E-state index contributed by atoms with van der Waals surface area (Å²) < 4.78 is 4.96. The molecule has 0 bridgehead atoms. The smallest absolute Gasteiger partial charge is 0.338 e. The SMILES string of the molecule is C[C@H](NC(=O)COC(=O)c1ccc(Cl)c(N)c1)c1cccs1. The van der Waals surface area contributed by atoms with E-state index in [1.807, 2.05) is 24.4 Å². The Labute approximate surface area is 137 Å². The molecule has 1 heterocycles. The van der Waals surface area contributed by atoms with Crippen LogP contribution in [0.3, 0.4) is 0 Å². The highest BCUT2D eigenvalue weighted by atomic mass is 35.5. The Hall–Kier alpha value is -2.05. The van der Waals surface area contributed by atoms with E-state index in [0.29, 0.717) is 5.02 Å². The molecule has 0 saturated carbocycles. The van der Waals surface area contributed by atoms with Crippen molar-refractivity contribution in [2.45, 2.75) is 13.0 Å². The maximum atomic E-state index is 11.8. The first-order chi connectivity index (χ1) is 10.5. The van der Waals surface area contributed by atoms with Crippen LogP contribution in [0.4, 0.5) is 5.69 Å². The number of rotatable bonds is 5. The van der Waals surface area contributed by atoms with E-state index in [9.17, 15) is 9.59 Å².